The van der Waals surface area contributed by atoms with Crippen molar-refractivity contribution in [2.45, 2.75) is 52.0 Å². The SMILES string of the molecule is CCCCOCCCC(C)(N)C(=O)OCC. The molecule has 0 bridgehead atoms. The molecular formula is C12H25NO3. The van der Waals surface area contributed by atoms with Crippen LogP contribution in [0, 0.1) is 0 Å². The van der Waals surface area contributed by atoms with E-state index in [1.807, 2.05) is 0 Å². The summed E-state index contributed by atoms with van der Waals surface area (Å²) in [5.74, 6) is -0.330. The van der Waals surface area contributed by atoms with Crippen LogP contribution in [0.5, 0.6) is 0 Å². The summed E-state index contributed by atoms with van der Waals surface area (Å²) >= 11 is 0. The summed E-state index contributed by atoms with van der Waals surface area (Å²) in [5.41, 5.74) is 4.97. The number of hydrogen-bond donors (Lipinski definition) is 1. The van der Waals surface area contributed by atoms with Crippen LogP contribution in [-0.2, 0) is 14.3 Å². The second kappa shape index (κ2) is 8.53. The Morgan fingerprint density at radius 2 is 1.88 bits per heavy atom. The van der Waals surface area contributed by atoms with E-state index in [0.717, 1.165) is 25.9 Å². The highest BCUT2D eigenvalue weighted by atomic mass is 16.5. The lowest BCUT2D eigenvalue weighted by Gasteiger charge is -2.21. The molecule has 4 nitrogen and oxygen atoms in total. The van der Waals surface area contributed by atoms with E-state index < -0.39 is 5.54 Å². The van der Waals surface area contributed by atoms with E-state index in [-0.39, 0.29) is 5.97 Å². The van der Waals surface area contributed by atoms with Crippen LogP contribution in [0.15, 0.2) is 0 Å². The Balaban J connectivity index is 3.61. The molecular weight excluding hydrogens is 206 g/mol. The van der Waals surface area contributed by atoms with E-state index in [0.29, 0.717) is 19.6 Å². The average molecular weight is 231 g/mol. The molecule has 0 amide bonds. The third-order valence-corrected chi connectivity index (χ3v) is 2.37. The van der Waals surface area contributed by atoms with E-state index in [4.69, 9.17) is 15.2 Å². The van der Waals surface area contributed by atoms with Crippen molar-refractivity contribution in [3.63, 3.8) is 0 Å². The molecule has 0 rings (SSSR count). The summed E-state index contributed by atoms with van der Waals surface area (Å²) in [6.45, 7) is 7.43. The van der Waals surface area contributed by atoms with E-state index in [1.54, 1.807) is 13.8 Å². The summed E-state index contributed by atoms with van der Waals surface area (Å²) in [6.07, 6.45) is 3.60. The first kappa shape index (κ1) is 15.4. The van der Waals surface area contributed by atoms with Gasteiger partial charge in [-0.25, -0.2) is 0 Å². The molecule has 1 unspecified atom stereocenters. The van der Waals surface area contributed by atoms with E-state index in [2.05, 4.69) is 6.92 Å². The number of esters is 1. The lowest BCUT2D eigenvalue weighted by atomic mass is 9.98. The molecule has 0 aromatic heterocycles. The normalized spacial score (nSPS) is 14.5. The molecule has 0 aromatic carbocycles. The van der Waals surface area contributed by atoms with Gasteiger partial charge in [-0.05, 0) is 33.1 Å². The highest BCUT2D eigenvalue weighted by molar-refractivity contribution is 5.79. The lowest BCUT2D eigenvalue weighted by Crippen LogP contribution is -2.46. The molecule has 0 radical (unpaired) electrons. The molecule has 0 aliphatic heterocycles. The summed E-state index contributed by atoms with van der Waals surface area (Å²) in [4.78, 5) is 11.4. The molecule has 4 heteroatoms. The maximum absolute atomic E-state index is 11.4. The second-order valence-corrected chi connectivity index (χ2v) is 4.21. The van der Waals surface area contributed by atoms with E-state index in [1.165, 1.54) is 0 Å². The van der Waals surface area contributed by atoms with Crippen LogP contribution in [0.2, 0.25) is 0 Å². The topological polar surface area (TPSA) is 61.5 Å². The van der Waals surface area contributed by atoms with Crippen molar-refractivity contribution in [3.8, 4) is 0 Å². The number of hydrogen-bond acceptors (Lipinski definition) is 4. The largest absolute Gasteiger partial charge is 0.465 e. The zero-order valence-electron chi connectivity index (χ0n) is 10.8. The van der Waals surface area contributed by atoms with E-state index in [9.17, 15) is 4.79 Å². The number of unbranched alkanes of at least 4 members (excludes halogenated alkanes) is 1. The van der Waals surface area contributed by atoms with Gasteiger partial charge in [-0.2, -0.15) is 0 Å². The van der Waals surface area contributed by atoms with Gasteiger partial charge in [0, 0.05) is 13.2 Å². The van der Waals surface area contributed by atoms with Gasteiger partial charge >= 0.3 is 5.97 Å². The Bertz CT molecular complexity index is 193. The Kier molecular flexibility index (Phi) is 8.21. The van der Waals surface area contributed by atoms with Crippen LogP contribution in [0.3, 0.4) is 0 Å². The van der Waals surface area contributed by atoms with Gasteiger partial charge in [0.2, 0.25) is 0 Å². The monoisotopic (exact) mass is 231 g/mol. The van der Waals surface area contributed by atoms with Crippen LogP contribution in [0.25, 0.3) is 0 Å². The van der Waals surface area contributed by atoms with E-state index >= 15 is 0 Å². The Hall–Kier alpha value is -0.610. The van der Waals surface area contributed by atoms with Gasteiger partial charge in [0.1, 0.15) is 5.54 Å². The highest BCUT2D eigenvalue weighted by Gasteiger charge is 2.28. The molecule has 0 saturated carbocycles. The minimum absolute atomic E-state index is 0.330. The van der Waals surface area contributed by atoms with Crippen LogP contribution in [0.4, 0.5) is 0 Å². The molecule has 0 spiro atoms. The minimum atomic E-state index is -0.885. The third kappa shape index (κ3) is 6.80. The number of carbonyl (C=O) groups is 1. The fraction of sp³-hybridized carbons (Fsp3) is 0.917. The molecule has 16 heavy (non-hydrogen) atoms. The fourth-order valence-corrected chi connectivity index (χ4v) is 1.29. The number of nitrogens with two attached hydrogens (primary N) is 1. The average Bonchev–Trinajstić information content (AvgIpc) is 2.23. The maximum atomic E-state index is 11.4. The zero-order valence-corrected chi connectivity index (χ0v) is 10.8. The van der Waals surface area contributed by atoms with Crippen LogP contribution < -0.4 is 5.73 Å². The number of ether oxygens (including phenoxy) is 2. The van der Waals surface area contributed by atoms with Gasteiger partial charge in [-0.3, -0.25) is 4.79 Å². The summed E-state index contributed by atoms with van der Waals surface area (Å²) in [5, 5.41) is 0. The molecule has 0 fully saturated rings. The predicted molar refractivity (Wildman–Crippen MR) is 64.2 cm³/mol. The summed E-state index contributed by atoms with van der Waals surface area (Å²) in [7, 11) is 0. The van der Waals surface area contributed by atoms with Gasteiger partial charge in [0.25, 0.3) is 0 Å². The summed E-state index contributed by atoms with van der Waals surface area (Å²) < 4.78 is 10.3. The van der Waals surface area contributed by atoms with Crippen molar-refractivity contribution in [2.24, 2.45) is 5.73 Å². The summed E-state index contributed by atoms with van der Waals surface area (Å²) in [6, 6.07) is 0. The van der Waals surface area contributed by atoms with Crippen LogP contribution >= 0.6 is 0 Å². The standard InChI is InChI=1S/C12H25NO3/c1-4-6-9-15-10-7-8-12(3,13)11(14)16-5-2/h4-10,13H2,1-3H3. The molecule has 2 N–H and O–H groups in total. The van der Waals surface area contributed by atoms with Gasteiger partial charge in [-0.1, -0.05) is 13.3 Å². The molecule has 0 aliphatic rings. The molecule has 1 atom stereocenters. The van der Waals surface area contributed by atoms with Crippen molar-refractivity contribution in [2.75, 3.05) is 19.8 Å². The van der Waals surface area contributed by atoms with Crippen molar-refractivity contribution >= 4 is 5.97 Å². The Morgan fingerprint density at radius 1 is 1.25 bits per heavy atom. The lowest BCUT2D eigenvalue weighted by molar-refractivity contribution is -0.149. The Labute approximate surface area is 98.5 Å². The van der Waals surface area contributed by atoms with Gasteiger partial charge in [0.15, 0.2) is 0 Å². The third-order valence-electron chi connectivity index (χ3n) is 2.37. The van der Waals surface area contributed by atoms with Crippen LogP contribution in [-0.4, -0.2) is 31.3 Å². The smallest absolute Gasteiger partial charge is 0.325 e. The minimum Gasteiger partial charge on any atom is -0.465 e. The van der Waals surface area contributed by atoms with Crippen molar-refractivity contribution in [1.29, 1.82) is 0 Å². The number of carbonyl (C=O) groups excluding carboxylic acids is 1. The van der Waals surface area contributed by atoms with Gasteiger partial charge in [-0.15, -0.1) is 0 Å². The molecule has 0 aromatic rings. The molecule has 0 saturated heterocycles. The first-order valence-electron chi connectivity index (χ1n) is 6.08. The second-order valence-electron chi connectivity index (χ2n) is 4.21. The van der Waals surface area contributed by atoms with Gasteiger partial charge < -0.3 is 15.2 Å². The molecule has 0 aliphatic carbocycles. The number of rotatable bonds is 9. The highest BCUT2D eigenvalue weighted by Crippen LogP contribution is 2.11. The first-order chi connectivity index (χ1) is 7.54. The zero-order chi connectivity index (χ0) is 12.4. The molecule has 0 heterocycles. The van der Waals surface area contributed by atoms with Crippen molar-refractivity contribution < 1.29 is 14.3 Å². The Morgan fingerprint density at radius 3 is 2.44 bits per heavy atom. The maximum Gasteiger partial charge on any atom is 0.325 e. The fourth-order valence-electron chi connectivity index (χ4n) is 1.29. The first-order valence-corrected chi connectivity index (χ1v) is 6.08. The van der Waals surface area contributed by atoms with Crippen LogP contribution in [0.1, 0.15) is 46.5 Å². The predicted octanol–water partition coefficient (Wildman–Crippen LogP) is 1.86. The van der Waals surface area contributed by atoms with Crippen molar-refractivity contribution in [3.05, 3.63) is 0 Å². The molecule has 96 valence electrons. The van der Waals surface area contributed by atoms with Gasteiger partial charge in [0.05, 0.1) is 6.61 Å². The van der Waals surface area contributed by atoms with Crippen molar-refractivity contribution in [1.82, 2.24) is 0 Å². The quantitative estimate of drug-likeness (QED) is 0.486.